The number of hydrogen-bond donors (Lipinski definition) is 1. The van der Waals surface area contributed by atoms with Crippen LogP contribution in [0, 0.1) is 5.82 Å². The van der Waals surface area contributed by atoms with Gasteiger partial charge in [0.1, 0.15) is 11.6 Å². The fourth-order valence-corrected chi connectivity index (χ4v) is 2.62. The Bertz CT molecular complexity index is 512. The van der Waals surface area contributed by atoms with E-state index in [1.165, 1.54) is 17.8 Å². The van der Waals surface area contributed by atoms with Crippen molar-refractivity contribution in [3.8, 4) is 0 Å². The Labute approximate surface area is 110 Å². The largest absolute Gasteiger partial charge is 0.334 e. The predicted molar refractivity (Wildman–Crippen MR) is 72.0 cm³/mol. The maximum atomic E-state index is 13.4. The van der Waals surface area contributed by atoms with E-state index in [1.807, 2.05) is 23.8 Å². The number of rotatable bonds is 5. The molecule has 0 aliphatic heterocycles. The van der Waals surface area contributed by atoms with Crippen molar-refractivity contribution in [2.75, 3.05) is 5.75 Å². The van der Waals surface area contributed by atoms with Gasteiger partial charge in [-0.2, -0.15) is 0 Å². The summed E-state index contributed by atoms with van der Waals surface area (Å²) in [5.74, 6) is 1.26. The fraction of sp³-hybridized carbons (Fsp3) is 0.308. The number of imidazole rings is 1. The average Bonchev–Trinajstić information content (AvgIpc) is 2.86. The second kappa shape index (κ2) is 6.02. The Morgan fingerprint density at radius 1 is 1.44 bits per heavy atom. The highest BCUT2D eigenvalue weighted by Gasteiger charge is 2.13. The van der Waals surface area contributed by atoms with Gasteiger partial charge >= 0.3 is 0 Å². The van der Waals surface area contributed by atoms with Crippen molar-refractivity contribution < 1.29 is 4.39 Å². The van der Waals surface area contributed by atoms with E-state index < -0.39 is 0 Å². The number of nitrogens with zero attached hydrogens (tertiary/aromatic N) is 2. The molecule has 1 aromatic heterocycles. The van der Waals surface area contributed by atoms with Crippen LogP contribution in [0.5, 0.6) is 0 Å². The van der Waals surface area contributed by atoms with Crippen molar-refractivity contribution in [3.05, 3.63) is 48.3 Å². The molecule has 1 heterocycles. The highest BCUT2D eigenvalue weighted by Crippen LogP contribution is 2.25. The van der Waals surface area contributed by atoms with Gasteiger partial charge in [-0.05, 0) is 19.1 Å². The molecule has 1 unspecified atom stereocenters. The van der Waals surface area contributed by atoms with Gasteiger partial charge in [-0.1, -0.05) is 12.1 Å². The van der Waals surface area contributed by atoms with Crippen LogP contribution in [0.3, 0.4) is 0 Å². The van der Waals surface area contributed by atoms with E-state index >= 15 is 0 Å². The minimum Gasteiger partial charge on any atom is -0.334 e. The third-order valence-corrected chi connectivity index (χ3v) is 3.84. The summed E-state index contributed by atoms with van der Waals surface area (Å²) in [6.45, 7) is 2.88. The minimum absolute atomic E-state index is 0.190. The van der Waals surface area contributed by atoms with Gasteiger partial charge in [0, 0.05) is 29.6 Å². The number of benzene rings is 1. The van der Waals surface area contributed by atoms with Crippen molar-refractivity contribution >= 4 is 11.8 Å². The van der Waals surface area contributed by atoms with Crippen LogP contribution in [-0.2, 0) is 6.54 Å². The molecule has 0 saturated heterocycles. The first kappa shape index (κ1) is 13.1. The summed E-state index contributed by atoms with van der Waals surface area (Å²) in [6.07, 6.45) is 3.65. The molecule has 0 spiro atoms. The van der Waals surface area contributed by atoms with Crippen LogP contribution in [0.25, 0.3) is 0 Å². The molecule has 2 N–H and O–H groups in total. The monoisotopic (exact) mass is 265 g/mol. The second-order valence-electron chi connectivity index (χ2n) is 3.92. The lowest BCUT2D eigenvalue weighted by Gasteiger charge is -2.12. The molecule has 2 aromatic rings. The highest BCUT2D eigenvalue weighted by molar-refractivity contribution is 7.99. The summed E-state index contributed by atoms with van der Waals surface area (Å²) >= 11 is 1.42. The summed E-state index contributed by atoms with van der Waals surface area (Å²) in [5.41, 5.74) is 6.09. The van der Waals surface area contributed by atoms with E-state index in [-0.39, 0.29) is 11.9 Å². The van der Waals surface area contributed by atoms with Crippen molar-refractivity contribution in [2.45, 2.75) is 24.4 Å². The van der Waals surface area contributed by atoms with Gasteiger partial charge in [-0.15, -0.1) is 11.8 Å². The third kappa shape index (κ3) is 2.91. The predicted octanol–water partition coefficient (Wildman–Crippen LogP) is 2.83. The van der Waals surface area contributed by atoms with Crippen LogP contribution < -0.4 is 5.73 Å². The lowest BCUT2D eigenvalue weighted by atomic mass is 10.3. The van der Waals surface area contributed by atoms with E-state index in [0.29, 0.717) is 10.6 Å². The summed E-state index contributed by atoms with van der Waals surface area (Å²) in [5, 5.41) is 0. The van der Waals surface area contributed by atoms with Gasteiger partial charge in [-0.3, -0.25) is 0 Å². The average molecular weight is 265 g/mol. The summed E-state index contributed by atoms with van der Waals surface area (Å²) in [7, 11) is 0. The maximum Gasteiger partial charge on any atom is 0.136 e. The molecule has 0 fully saturated rings. The topological polar surface area (TPSA) is 43.8 Å². The van der Waals surface area contributed by atoms with Crippen molar-refractivity contribution in [3.63, 3.8) is 0 Å². The molecule has 0 saturated carbocycles. The molecule has 0 radical (unpaired) electrons. The Balaban J connectivity index is 2.01. The standard InChI is InChI=1S/C13H16FN3S/c1-2-17-8-7-16-13(17)11(15)9-18-12-6-4-3-5-10(12)14/h3-8,11H,2,9,15H2,1H3. The van der Waals surface area contributed by atoms with Crippen LogP contribution in [0.2, 0.25) is 0 Å². The number of hydrogen-bond acceptors (Lipinski definition) is 3. The first-order chi connectivity index (χ1) is 8.72. The first-order valence-corrected chi connectivity index (χ1v) is 6.85. The number of aryl methyl sites for hydroxylation is 1. The van der Waals surface area contributed by atoms with Crippen molar-refractivity contribution in [1.82, 2.24) is 9.55 Å². The third-order valence-electron chi connectivity index (χ3n) is 2.68. The van der Waals surface area contributed by atoms with E-state index in [4.69, 9.17) is 5.73 Å². The maximum absolute atomic E-state index is 13.4. The van der Waals surface area contributed by atoms with Crippen LogP contribution in [0.1, 0.15) is 18.8 Å². The van der Waals surface area contributed by atoms with Crippen LogP contribution in [0.4, 0.5) is 4.39 Å². The Hall–Kier alpha value is -1.33. The van der Waals surface area contributed by atoms with Gasteiger partial charge in [0.25, 0.3) is 0 Å². The van der Waals surface area contributed by atoms with E-state index in [1.54, 1.807) is 18.3 Å². The number of halogens is 1. The number of nitrogens with two attached hydrogens (primary N) is 1. The molecular weight excluding hydrogens is 249 g/mol. The van der Waals surface area contributed by atoms with E-state index in [0.717, 1.165) is 12.4 Å². The van der Waals surface area contributed by atoms with E-state index in [2.05, 4.69) is 4.98 Å². The molecule has 5 heteroatoms. The highest BCUT2D eigenvalue weighted by atomic mass is 32.2. The van der Waals surface area contributed by atoms with Gasteiger partial charge < -0.3 is 10.3 Å². The smallest absolute Gasteiger partial charge is 0.136 e. The molecule has 18 heavy (non-hydrogen) atoms. The molecule has 96 valence electrons. The zero-order chi connectivity index (χ0) is 13.0. The molecule has 0 amide bonds. The number of aromatic nitrogens is 2. The summed E-state index contributed by atoms with van der Waals surface area (Å²) < 4.78 is 15.5. The van der Waals surface area contributed by atoms with Gasteiger partial charge in [0.15, 0.2) is 0 Å². The molecule has 1 atom stereocenters. The van der Waals surface area contributed by atoms with Crippen molar-refractivity contribution in [1.29, 1.82) is 0 Å². The quantitative estimate of drug-likeness (QED) is 0.845. The van der Waals surface area contributed by atoms with Gasteiger partial charge in [0.05, 0.1) is 6.04 Å². The van der Waals surface area contributed by atoms with Gasteiger partial charge in [0.2, 0.25) is 0 Å². The first-order valence-electron chi connectivity index (χ1n) is 5.86. The van der Waals surface area contributed by atoms with Crippen LogP contribution in [0.15, 0.2) is 41.6 Å². The molecule has 0 aliphatic rings. The van der Waals surface area contributed by atoms with Crippen molar-refractivity contribution in [2.24, 2.45) is 5.73 Å². The van der Waals surface area contributed by atoms with Crippen LogP contribution in [-0.4, -0.2) is 15.3 Å². The molecular formula is C13H16FN3S. The normalized spacial score (nSPS) is 12.6. The molecule has 3 nitrogen and oxygen atoms in total. The minimum atomic E-state index is -0.200. The molecule has 0 bridgehead atoms. The Morgan fingerprint density at radius 3 is 2.94 bits per heavy atom. The molecule has 0 aliphatic carbocycles. The lowest BCUT2D eigenvalue weighted by Crippen LogP contribution is -2.18. The molecule has 1 aromatic carbocycles. The van der Waals surface area contributed by atoms with E-state index in [9.17, 15) is 4.39 Å². The zero-order valence-electron chi connectivity index (χ0n) is 10.2. The second-order valence-corrected chi connectivity index (χ2v) is 4.98. The SMILES string of the molecule is CCn1ccnc1C(N)CSc1ccccc1F. The lowest BCUT2D eigenvalue weighted by molar-refractivity contribution is 0.601. The zero-order valence-corrected chi connectivity index (χ0v) is 11.0. The van der Waals surface area contributed by atoms with Crippen LogP contribution >= 0.6 is 11.8 Å². The fourth-order valence-electron chi connectivity index (χ4n) is 1.73. The Morgan fingerprint density at radius 2 is 2.22 bits per heavy atom. The molecule has 2 rings (SSSR count). The Kier molecular flexibility index (Phi) is 4.38. The summed E-state index contributed by atoms with van der Waals surface area (Å²) in [4.78, 5) is 4.88. The summed E-state index contributed by atoms with van der Waals surface area (Å²) in [6, 6.07) is 6.54. The van der Waals surface area contributed by atoms with Gasteiger partial charge in [-0.25, -0.2) is 9.37 Å². The number of thioether (sulfide) groups is 1.